The van der Waals surface area contributed by atoms with Crippen LogP contribution in [0.15, 0.2) is 24.3 Å². The van der Waals surface area contributed by atoms with Crippen LogP contribution in [0.2, 0.25) is 0 Å². The van der Waals surface area contributed by atoms with Gasteiger partial charge in [-0.15, -0.1) is 0 Å². The molecule has 6 nitrogen and oxygen atoms in total. The van der Waals surface area contributed by atoms with E-state index in [0.717, 1.165) is 19.6 Å². The fraction of sp³-hybridized carbons (Fsp3) is 0.467. The lowest BCUT2D eigenvalue weighted by molar-refractivity contribution is -0.137. The van der Waals surface area contributed by atoms with Gasteiger partial charge in [0.15, 0.2) is 0 Å². The van der Waals surface area contributed by atoms with Crippen molar-refractivity contribution in [3.63, 3.8) is 0 Å². The Balaban J connectivity index is 2.50. The first-order chi connectivity index (χ1) is 9.99. The summed E-state index contributed by atoms with van der Waals surface area (Å²) >= 11 is 0. The lowest BCUT2D eigenvalue weighted by Gasteiger charge is -2.19. The molecule has 0 saturated carbocycles. The summed E-state index contributed by atoms with van der Waals surface area (Å²) in [6.45, 7) is 7.08. The Hall–Kier alpha value is -2.08. The summed E-state index contributed by atoms with van der Waals surface area (Å²) in [6.07, 6.45) is 0. The van der Waals surface area contributed by atoms with Gasteiger partial charge < -0.3 is 20.2 Å². The summed E-state index contributed by atoms with van der Waals surface area (Å²) < 4.78 is 0. The molecule has 0 atom stereocenters. The molecular formula is C15H23N3O3. The molecule has 0 aliphatic carbocycles. The van der Waals surface area contributed by atoms with E-state index in [9.17, 15) is 14.7 Å². The SMILES string of the molecule is CCN(CC)CCNC(=O)C(=O)N(C)c1ccc(O)cc1. The Morgan fingerprint density at radius 3 is 2.24 bits per heavy atom. The topological polar surface area (TPSA) is 72.9 Å². The van der Waals surface area contributed by atoms with Crippen LogP contribution in [0.3, 0.4) is 0 Å². The number of rotatable bonds is 6. The van der Waals surface area contributed by atoms with Gasteiger partial charge in [0.05, 0.1) is 0 Å². The molecule has 1 aromatic rings. The van der Waals surface area contributed by atoms with E-state index in [2.05, 4.69) is 24.1 Å². The molecule has 1 aromatic carbocycles. The third-order valence-electron chi connectivity index (χ3n) is 3.34. The van der Waals surface area contributed by atoms with Gasteiger partial charge in [-0.2, -0.15) is 0 Å². The number of carbonyl (C=O) groups is 2. The first-order valence-corrected chi connectivity index (χ1v) is 7.06. The summed E-state index contributed by atoms with van der Waals surface area (Å²) in [5.41, 5.74) is 0.552. The zero-order chi connectivity index (χ0) is 15.8. The summed E-state index contributed by atoms with van der Waals surface area (Å²) in [5.74, 6) is -1.14. The number of likely N-dealkylation sites (N-methyl/N-ethyl adjacent to an activating group) is 2. The molecule has 0 radical (unpaired) electrons. The van der Waals surface area contributed by atoms with Crippen LogP contribution in [0.25, 0.3) is 0 Å². The quantitative estimate of drug-likeness (QED) is 0.761. The van der Waals surface area contributed by atoms with Crippen molar-refractivity contribution in [3.05, 3.63) is 24.3 Å². The normalized spacial score (nSPS) is 10.5. The number of carbonyl (C=O) groups excluding carboxylic acids is 2. The summed E-state index contributed by atoms with van der Waals surface area (Å²) in [7, 11) is 1.53. The number of phenols is 1. The molecule has 116 valence electrons. The number of hydrogen-bond donors (Lipinski definition) is 2. The lowest BCUT2D eigenvalue weighted by atomic mass is 10.3. The molecule has 6 heteroatoms. The van der Waals surface area contributed by atoms with E-state index < -0.39 is 11.8 Å². The van der Waals surface area contributed by atoms with Crippen molar-refractivity contribution in [3.8, 4) is 5.75 Å². The highest BCUT2D eigenvalue weighted by Crippen LogP contribution is 2.17. The molecule has 0 bridgehead atoms. The minimum atomic E-state index is -0.627. The standard InChI is InChI=1S/C15H23N3O3/c1-4-18(5-2)11-10-16-14(20)15(21)17(3)12-6-8-13(19)9-7-12/h6-9,19H,4-5,10-11H2,1-3H3,(H,16,20). The van der Waals surface area contributed by atoms with Gasteiger partial charge in [0.2, 0.25) is 0 Å². The van der Waals surface area contributed by atoms with E-state index >= 15 is 0 Å². The average Bonchev–Trinajstić information content (AvgIpc) is 2.50. The number of aromatic hydroxyl groups is 1. The minimum absolute atomic E-state index is 0.114. The van der Waals surface area contributed by atoms with Gasteiger partial charge in [0.1, 0.15) is 5.75 Å². The predicted octanol–water partition coefficient (Wildman–Crippen LogP) is 0.813. The van der Waals surface area contributed by atoms with E-state index in [1.165, 1.54) is 24.1 Å². The predicted molar refractivity (Wildman–Crippen MR) is 82.3 cm³/mol. The van der Waals surface area contributed by atoms with Gasteiger partial charge in [-0.25, -0.2) is 0 Å². The molecule has 2 amide bonds. The smallest absolute Gasteiger partial charge is 0.316 e. The highest BCUT2D eigenvalue weighted by Gasteiger charge is 2.19. The number of nitrogens with one attached hydrogen (secondary N) is 1. The maximum Gasteiger partial charge on any atom is 0.316 e. The third-order valence-corrected chi connectivity index (χ3v) is 3.34. The molecule has 0 fully saturated rings. The summed E-state index contributed by atoms with van der Waals surface area (Å²) in [4.78, 5) is 27.2. The zero-order valence-corrected chi connectivity index (χ0v) is 12.8. The first-order valence-electron chi connectivity index (χ1n) is 7.06. The van der Waals surface area contributed by atoms with Crippen LogP contribution in [0.4, 0.5) is 5.69 Å². The van der Waals surface area contributed by atoms with Crippen molar-refractivity contribution in [2.75, 3.05) is 38.1 Å². The largest absolute Gasteiger partial charge is 0.508 e. The van der Waals surface area contributed by atoms with E-state index in [0.29, 0.717) is 12.2 Å². The Kier molecular flexibility index (Phi) is 6.68. The highest BCUT2D eigenvalue weighted by atomic mass is 16.3. The molecule has 21 heavy (non-hydrogen) atoms. The first kappa shape index (κ1) is 17.0. The second kappa shape index (κ2) is 8.26. The molecule has 2 N–H and O–H groups in total. The van der Waals surface area contributed by atoms with E-state index in [1.807, 2.05) is 0 Å². The maximum atomic E-state index is 12.0. The van der Waals surface area contributed by atoms with Gasteiger partial charge in [-0.3, -0.25) is 9.59 Å². The van der Waals surface area contributed by atoms with Crippen LogP contribution in [0.5, 0.6) is 5.75 Å². The molecule has 0 aromatic heterocycles. The number of nitrogens with zero attached hydrogens (tertiary/aromatic N) is 2. The molecule has 0 aliphatic rings. The number of anilines is 1. The van der Waals surface area contributed by atoms with Crippen LogP contribution in [-0.2, 0) is 9.59 Å². The molecule has 0 spiro atoms. The van der Waals surface area contributed by atoms with Crippen molar-refractivity contribution < 1.29 is 14.7 Å². The fourth-order valence-corrected chi connectivity index (χ4v) is 1.89. The van der Waals surface area contributed by atoms with Crippen molar-refractivity contribution in [2.45, 2.75) is 13.8 Å². The number of hydrogen-bond acceptors (Lipinski definition) is 4. The molecule has 1 rings (SSSR count). The van der Waals surface area contributed by atoms with Crippen molar-refractivity contribution >= 4 is 17.5 Å². The number of benzene rings is 1. The van der Waals surface area contributed by atoms with Gasteiger partial charge in [-0.1, -0.05) is 13.8 Å². The fourth-order valence-electron chi connectivity index (χ4n) is 1.89. The van der Waals surface area contributed by atoms with Crippen LogP contribution >= 0.6 is 0 Å². The molecule has 0 unspecified atom stereocenters. The zero-order valence-electron chi connectivity index (χ0n) is 12.8. The molecule has 0 heterocycles. The Bertz CT molecular complexity index is 470. The van der Waals surface area contributed by atoms with Crippen LogP contribution in [0, 0.1) is 0 Å². The lowest BCUT2D eigenvalue weighted by Crippen LogP contribution is -2.43. The van der Waals surface area contributed by atoms with Gasteiger partial charge in [-0.05, 0) is 37.4 Å². The molecule has 0 aliphatic heterocycles. The van der Waals surface area contributed by atoms with Crippen LogP contribution < -0.4 is 10.2 Å². The van der Waals surface area contributed by atoms with E-state index in [4.69, 9.17) is 0 Å². The number of amides is 2. The average molecular weight is 293 g/mol. The van der Waals surface area contributed by atoms with Crippen molar-refractivity contribution in [1.29, 1.82) is 0 Å². The van der Waals surface area contributed by atoms with Gasteiger partial charge in [0.25, 0.3) is 0 Å². The van der Waals surface area contributed by atoms with E-state index in [1.54, 1.807) is 12.1 Å². The Morgan fingerprint density at radius 2 is 1.71 bits per heavy atom. The van der Waals surface area contributed by atoms with Gasteiger partial charge in [0, 0.05) is 25.8 Å². The second-order valence-electron chi connectivity index (χ2n) is 4.66. The minimum Gasteiger partial charge on any atom is -0.508 e. The maximum absolute atomic E-state index is 12.0. The van der Waals surface area contributed by atoms with Crippen molar-refractivity contribution in [1.82, 2.24) is 10.2 Å². The summed E-state index contributed by atoms with van der Waals surface area (Å²) in [6, 6.07) is 6.10. The second-order valence-corrected chi connectivity index (χ2v) is 4.66. The third kappa shape index (κ3) is 5.07. The highest BCUT2D eigenvalue weighted by molar-refractivity contribution is 6.40. The molecular weight excluding hydrogens is 270 g/mol. The van der Waals surface area contributed by atoms with E-state index in [-0.39, 0.29) is 5.75 Å². The Morgan fingerprint density at radius 1 is 1.14 bits per heavy atom. The van der Waals surface area contributed by atoms with Gasteiger partial charge >= 0.3 is 11.8 Å². The van der Waals surface area contributed by atoms with Crippen LogP contribution in [-0.4, -0.2) is 55.0 Å². The number of phenolic OH excluding ortho intramolecular Hbond substituents is 1. The molecule has 0 saturated heterocycles. The monoisotopic (exact) mass is 293 g/mol. The van der Waals surface area contributed by atoms with Crippen molar-refractivity contribution in [2.24, 2.45) is 0 Å². The Labute approximate surface area is 125 Å². The van der Waals surface area contributed by atoms with Crippen LogP contribution in [0.1, 0.15) is 13.8 Å². The summed E-state index contributed by atoms with van der Waals surface area (Å²) in [5, 5.41) is 11.8.